The molecule has 1 unspecified atom stereocenters. The molecule has 1 N–H and O–H groups in total. The molecule has 0 saturated carbocycles. The first kappa shape index (κ1) is 14.4. The van der Waals surface area contributed by atoms with Crippen LogP contribution >= 0.6 is 0 Å². The van der Waals surface area contributed by atoms with Crippen LogP contribution in [0.15, 0.2) is 30.6 Å². The second-order valence-corrected chi connectivity index (χ2v) is 4.37. The van der Waals surface area contributed by atoms with Crippen LogP contribution < -0.4 is 9.47 Å². The van der Waals surface area contributed by atoms with Crippen molar-refractivity contribution in [3.05, 3.63) is 42.0 Å². The molecule has 2 rings (SSSR count). The largest absolute Gasteiger partial charge is 0.490 e. The summed E-state index contributed by atoms with van der Waals surface area (Å²) in [7, 11) is 1.85. The molecule has 0 saturated heterocycles. The summed E-state index contributed by atoms with van der Waals surface area (Å²) in [5.74, 6) is 1.92. The predicted molar refractivity (Wildman–Crippen MR) is 76.0 cm³/mol. The van der Waals surface area contributed by atoms with E-state index < -0.39 is 6.10 Å². The Morgan fingerprint density at radius 1 is 1.20 bits per heavy atom. The minimum atomic E-state index is -0.787. The zero-order chi connectivity index (χ0) is 14.5. The Labute approximate surface area is 118 Å². The summed E-state index contributed by atoms with van der Waals surface area (Å²) in [5.41, 5.74) is 0.728. The lowest BCUT2D eigenvalue weighted by molar-refractivity contribution is 0.205. The molecule has 2 aromatic rings. The summed E-state index contributed by atoms with van der Waals surface area (Å²) in [6, 6.07) is 5.44. The number of aryl methyl sites for hydroxylation is 1. The van der Waals surface area contributed by atoms with E-state index in [2.05, 4.69) is 4.98 Å². The summed E-state index contributed by atoms with van der Waals surface area (Å²) in [5, 5.41) is 10.4. The van der Waals surface area contributed by atoms with Crippen LogP contribution in [0.5, 0.6) is 11.5 Å². The van der Waals surface area contributed by atoms with Gasteiger partial charge in [0.2, 0.25) is 0 Å². The van der Waals surface area contributed by atoms with Gasteiger partial charge in [-0.3, -0.25) is 0 Å². The zero-order valence-corrected chi connectivity index (χ0v) is 12.0. The van der Waals surface area contributed by atoms with E-state index in [-0.39, 0.29) is 0 Å². The number of rotatable bonds is 6. The van der Waals surface area contributed by atoms with Gasteiger partial charge >= 0.3 is 0 Å². The van der Waals surface area contributed by atoms with Crippen molar-refractivity contribution in [2.75, 3.05) is 13.2 Å². The molecule has 108 valence electrons. The first-order chi connectivity index (χ1) is 9.67. The van der Waals surface area contributed by atoms with Gasteiger partial charge in [-0.1, -0.05) is 6.07 Å². The lowest BCUT2D eigenvalue weighted by Gasteiger charge is -2.15. The van der Waals surface area contributed by atoms with E-state index in [0.717, 1.165) is 5.56 Å². The fourth-order valence-electron chi connectivity index (χ4n) is 2.03. The van der Waals surface area contributed by atoms with Gasteiger partial charge in [-0.25, -0.2) is 4.98 Å². The quantitative estimate of drug-likeness (QED) is 0.879. The molecule has 0 bridgehead atoms. The topological polar surface area (TPSA) is 56.5 Å². The fourth-order valence-corrected chi connectivity index (χ4v) is 2.03. The molecular weight excluding hydrogens is 256 g/mol. The lowest BCUT2D eigenvalue weighted by Crippen LogP contribution is -2.08. The van der Waals surface area contributed by atoms with Gasteiger partial charge in [0, 0.05) is 19.4 Å². The molecule has 5 nitrogen and oxygen atoms in total. The normalized spacial score (nSPS) is 12.2. The minimum absolute atomic E-state index is 0.544. The SMILES string of the molecule is CCOc1ccc(C(O)c2nccn2C)cc1OCC. The molecule has 1 aromatic heterocycles. The highest BCUT2D eigenvalue weighted by atomic mass is 16.5. The van der Waals surface area contributed by atoms with Crippen LogP contribution in [0, 0.1) is 0 Å². The Bertz CT molecular complexity index is 566. The van der Waals surface area contributed by atoms with Crippen LogP contribution in [0.4, 0.5) is 0 Å². The van der Waals surface area contributed by atoms with Crippen LogP contribution in [0.1, 0.15) is 31.3 Å². The summed E-state index contributed by atoms with van der Waals surface area (Å²) in [6.45, 7) is 4.95. The van der Waals surface area contributed by atoms with Crippen molar-refractivity contribution >= 4 is 0 Å². The number of imidazole rings is 1. The molecule has 0 aliphatic rings. The number of ether oxygens (including phenoxy) is 2. The van der Waals surface area contributed by atoms with Gasteiger partial charge in [-0.05, 0) is 31.5 Å². The zero-order valence-electron chi connectivity index (χ0n) is 12.0. The summed E-state index contributed by atoms with van der Waals surface area (Å²) < 4.78 is 12.9. The molecule has 5 heteroatoms. The molecular formula is C15H20N2O3. The molecule has 1 heterocycles. The Hall–Kier alpha value is -2.01. The maximum absolute atomic E-state index is 10.4. The van der Waals surface area contributed by atoms with Crippen molar-refractivity contribution in [3.8, 4) is 11.5 Å². The minimum Gasteiger partial charge on any atom is -0.490 e. The monoisotopic (exact) mass is 276 g/mol. The van der Waals surface area contributed by atoms with Gasteiger partial charge in [0.15, 0.2) is 11.5 Å². The maximum atomic E-state index is 10.4. The molecule has 0 aliphatic heterocycles. The van der Waals surface area contributed by atoms with E-state index >= 15 is 0 Å². The Morgan fingerprint density at radius 3 is 2.50 bits per heavy atom. The van der Waals surface area contributed by atoms with Crippen LogP contribution in [-0.2, 0) is 7.05 Å². The third kappa shape index (κ3) is 2.93. The van der Waals surface area contributed by atoms with E-state index in [1.165, 1.54) is 0 Å². The standard InChI is InChI=1S/C15H20N2O3/c1-4-19-12-7-6-11(10-13(12)20-5-2)14(18)15-16-8-9-17(15)3/h6-10,14,18H,4-5H2,1-3H3. The number of aromatic nitrogens is 2. The van der Waals surface area contributed by atoms with Crippen LogP contribution in [-0.4, -0.2) is 27.9 Å². The van der Waals surface area contributed by atoms with E-state index in [9.17, 15) is 5.11 Å². The van der Waals surface area contributed by atoms with Crippen molar-refractivity contribution in [2.45, 2.75) is 20.0 Å². The van der Waals surface area contributed by atoms with E-state index in [1.54, 1.807) is 23.0 Å². The molecule has 1 aromatic carbocycles. The van der Waals surface area contributed by atoms with Crippen molar-refractivity contribution in [1.82, 2.24) is 9.55 Å². The van der Waals surface area contributed by atoms with Gasteiger partial charge in [0.25, 0.3) is 0 Å². The summed E-state index contributed by atoms with van der Waals surface area (Å²) in [6.07, 6.45) is 2.68. The highest BCUT2D eigenvalue weighted by molar-refractivity contribution is 5.44. The van der Waals surface area contributed by atoms with Crippen LogP contribution in [0.25, 0.3) is 0 Å². The van der Waals surface area contributed by atoms with Gasteiger partial charge in [-0.2, -0.15) is 0 Å². The average Bonchev–Trinajstić information content (AvgIpc) is 2.86. The molecule has 0 fully saturated rings. The molecule has 1 atom stereocenters. The molecule has 0 amide bonds. The van der Waals surface area contributed by atoms with E-state index in [0.29, 0.717) is 30.5 Å². The number of hydrogen-bond acceptors (Lipinski definition) is 4. The summed E-state index contributed by atoms with van der Waals surface area (Å²) >= 11 is 0. The number of aliphatic hydroxyl groups is 1. The number of nitrogens with zero attached hydrogens (tertiary/aromatic N) is 2. The molecule has 20 heavy (non-hydrogen) atoms. The number of hydrogen-bond donors (Lipinski definition) is 1. The number of aliphatic hydroxyl groups excluding tert-OH is 1. The maximum Gasteiger partial charge on any atom is 0.161 e. The molecule has 0 spiro atoms. The fraction of sp³-hybridized carbons (Fsp3) is 0.400. The third-order valence-electron chi connectivity index (χ3n) is 2.99. The van der Waals surface area contributed by atoms with Gasteiger partial charge in [0.05, 0.1) is 13.2 Å². The Kier molecular flexibility index (Phi) is 4.63. The van der Waals surface area contributed by atoms with E-state index in [1.807, 2.05) is 33.0 Å². The third-order valence-corrected chi connectivity index (χ3v) is 2.99. The Morgan fingerprint density at radius 2 is 1.90 bits per heavy atom. The highest BCUT2D eigenvalue weighted by Gasteiger charge is 2.17. The van der Waals surface area contributed by atoms with Gasteiger partial charge in [0.1, 0.15) is 11.9 Å². The first-order valence-electron chi connectivity index (χ1n) is 6.72. The van der Waals surface area contributed by atoms with Gasteiger partial charge < -0.3 is 19.1 Å². The van der Waals surface area contributed by atoms with Crippen molar-refractivity contribution in [2.24, 2.45) is 7.05 Å². The molecule has 0 radical (unpaired) electrons. The lowest BCUT2D eigenvalue weighted by atomic mass is 10.1. The van der Waals surface area contributed by atoms with Crippen LogP contribution in [0.3, 0.4) is 0 Å². The van der Waals surface area contributed by atoms with Crippen molar-refractivity contribution < 1.29 is 14.6 Å². The van der Waals surface area contributed by atoms with Crippen LogP contribution in [0.2, 0.25) is 0 Å². The highest BCUT2D eigenvalue weighted by Crippen LogP contribution is 2.32. The number of benzene rings is 1. The second kappa shape index (κ2) is 6.43. The average molecular weight is 276 g/mol. The van der Waals surface area contributed by atoms with E-state index in [4.69, 9.17) is 9.47 Å². The second-order valence-electron chi connectivity index (χ2n) is 4.37. The first-order valence-corrected chi connectivity index (χ1v) is 6.72. The molecule has 0 aliphatic carbocycles. The summed E-state index contributed by atoms with van der Waals surface area (Å²) in [4.78, 5) is 4.17. The smallest absolute Gasteiger partial charge is 0.161 e. The predicted octanol–water partition coefficient (Wildman–Crippen LogP) is 2.30. The van der Waals surface area contributed by atoms with Crippen molar-refractivity contribution in [3.63, 3.8) is 0 Å². The van der Waals surface area contributed by atoms with Crippen molar-refractivity contribution in [1.29, 1.82) is 0 Å². The van der Waals surface area contributed by atoms with Gasteiger partial charge in [-0.15, -0.1) is 0 Å². The Balaban J connectivity index is 2.32.